The Morgan fingerprint density at radius 3 is 1.86 bits per heavy atom. The molecule has 0 atom stereocenters. The smallest absolute Gasteiger partial charge is 1.00 e. The third-order valence-electron chi connectivity index (χ3n) is 0.651. The van der Waals surface area contributed by atoms with E-state index in [1.54, 1.807) is 0 Å². The van der Waals surface area contributed by atoms with Gasteiger partial charge in [0.25, 0.3) is 0 Å². The summed E-state index contributed by atoms with van der Waals surface area (Å²) >= 11 is 0. The first kappa shape index (κ1) is 24.4. The molecule has 0 amide bonds. The Morgan fingerprint density at radius 2 is 1.57 bits per heavy atom. The predicted octanol–water partition coefficient (Wildman–Crippen LogP) is -5.97. The van der Waals surface area contributed by atoms with Gasteiger partial charge in [-0.05, 0) is 0 Å². The van der Waals surface area contributed by atoms with Gasteiger partial charge in [-0.3, -0.25) is 9.59 Å². The van der Waals surface area contributed by atoms with E-state index in [0.717, 1.165) is 13.8 Å². The van der Waals surface area contributed by atoms with E-state index in [9.17, 15) is 14.4 Å². The molecule has 0 spiro atoms. The molecule has 6 nitrogen and oxygen atoms in total. The molecule has 0 heterocycles. The number of carbonyl (C=O) groups excluding carboxylic acids is 3. The molecule has 0 aromatic carbocycles. The molecule has 0 saturated carbocycles. The molecular formula is C6H13KNNaO5. The van der Waals surface area contributed by atoms with Gasteiger partial charge < -0.3 is 18.5 Å². The van der Waals surface area contributed by atoms with Crippen LogP contribution in [0.3, 0.4) is 0 Å². The fraction of sp³-hybridized carbons (Fsp3) is 0.500. The number of rotatable bonds is 2. The number of hydrogen-bond donors (Lipinski definition) is 1. The molecule has 0 aliphatic carbocycles. The summed E-state index contributed by atoms with van der Waals surface area (Å²) in [5, 5.41) is 0. The molecule has 3 N–H and O–H groups in total. The third-order valence-corrected chi connectivity index (χ3v) is 0.651. The van der Waals surface area contributed by atoms with Crippen molar-refractivity contribution in [2.75, 3.05) is 6.61 Å². The molecule has 0 bridgehead atoms. The van der Waals surface area contributed by atoms with Crippen LogP contribution < -0.4 is 87.1 Å². The third kappa shape index (κ3) is 18.9. The average Bonchev–Trinajstić information content (AvgIpc) is 1.82. The van der Waals surface area contributed by atoms with E-state index in [1.165, 1.54) is 0 Å². The maximum atomic E-state index is 10.4. The molecule has 0 aliphatic rings. The van der Waals surface area contributed by atoms with Crippen LogP contribution in [0.4, 0.5) is 0 Å². The van der Waals surface area contributed by atoms with Gasteiger partial charge in [0.2, 0.25) is 0 Å². The van der Waals surface area contributed by atoms with Crippen molar-refractivity contribution in [3.8, 4) is 0 Å². The van der Waals surface area contributed by atoms with Crippen LogP contribution in [0.1, 0.15) is 16.7 Å². The molecule has 14 heavy (non-hydrogen) atoms. The number of esters is 3. The predicted molar refractivity (Wildman–Crippen MR) is 40.7 cm³/mol. The summed E-state index contributed by atoms with van der Waals surface area (Å²) in [6.07, 6.45) is 0. The van der Waals surface area contributed by atoms with Gasteiger partial charge in [-0.25, -0.2) is 4.79 Å². The molecule has 74 valence electrons. The van der Waals surface area contributed by atoms with Crippen molar-refractivity contribution < 1.29 is 108 Å². The van der Waals surface area contributed by atoms with Crippen LogP contribution in [0, 0.1) is 0 Å². The Hall–Kier alpha value is 1.21. The van der Waals surface area contributed by atoms with Gasteiger partial charge in [0, 0.05) is 13.8 Å². The quantitative estimate of drug-likeness (QED) is 0.293. The largest absolute Gasteiger partial charge is 1.00 e. The van der Waals surface area contributed by atoms with Gasteiger partial charge >= 0.3 is 98.8 Å². The first-order chi connectivity index (χ1) is 5.02. The second kappa shape index (κ2) is 14.2. The van der Waals surface area contributed by atoms with Crippen molar-refractivity contribution in [1.82, 2.24) is 6.15 Å². The van der Waals surface area contributed by atoms with Crippen molar-refractivity contribution in [3.05, 3.63) is 0 Å². The summed E-state index contributed by atoms with van der Waals surface area (Å²) in [5.41, 5.74) is 0. The van der Waals surface area contributed by atoms with Gasteiger partial charge in [0.15, 0.2) is 6.61 Å². The van der Waals surface area contributed by atoms with Crippen LogP contribution in [-0.4, -0.2) is 24.5 Å². The summed E-state index contributed by atoms with van der Waals surface area (Å²) in [7, 11) is 0. The molecule has 0 aromatic rings. The van der Waals surface area contributed by atoms with E-state index >= 15 is 0 Å². The Morgan fingerprint density at radius 1 is 1.14 bits per heavy atom. The van der Waals surface area contributed by atoms with Crippen LogP contribution in [0.2, 0.25) is 0 Å². The first-order valence-corrected chi connectivity index (χ1v) is 2.87. The molecule has 8 heteroatoms. The van der Waals surface area contributed by atoms with Gasteiger partial charge in [0.1, 0.15) is 0 Å². The summed E-state index contributed by atoms with van der Waals surface area (Å²) < 4.78 is 8.28. The minimum atomic E-state index is -0.868. The zero-order valence-electron chi connectivity index (χ0n) is 11.0. The summed E-state index contributed by atoms with van der Waals surface area (Å²) in [6.45, 7) is 1.72. The molecule has 0 aromatic heterocycles. The van der Waals surface area contributed by atoms with E-state index in [2.05, 4.69) is 9.47 Å². The summed E-state index contributed by atoms with van der Waals surface area (Å²) in [4.78, 5) is 30.7. The number of ether oxygens (including phenoxy) is 2. The maximum Gasteiger partial charge on any atom is 1.00 e. The van der Waals surface area contributed by atoms with E-state index in [0.29, 0.717) is 0 Å². The average molecular weight is 241 g/mol. The minimum Gasteiger partial charge on any atom is -1.00 e. The topological polar surface area (TPSA) is 105 Å². The van der Waals surface area contributed by atoms with Crippen molar-refractivity contribution in [2.24, 2.45) is 0 Å². The van der Waals surface area contributed by atoms with E-state index in [4.69, 9.17) is 0 Å². The Kier molecular flexibility index (Phi) is 24.8. The van der Waals surface area contributed by atoms with Crippen LogP contribution in [0.5, 0.6) is 0 Å². The van der Waals surface area contributed by atoms with Crippen LogP contribution in [-0.2, 0) is 23.9 Å². The zero-order valence-corrected chi connectivity index (χ0v) is 14.1. The fourth-order valence-corrected chi connectivity index (χ4v) is 0.350. The van der Waals surface area contributed by atoms with Crippen LogP contribution in [0.15, 0.2) is 0 Å². The molecule has 0 rings (SSSR count). The van der Waals surface area contributed by atoms with Crippen LogP contribution in [0.25, 0.3) is 0 Å². The maximum absolute atomic E-state index is 10.4. The first-order valence-electron chi connectivity index (χ1n) is 2.87. The Bertz CT molecular complexity index is 207. The van der Waals surface area contributed by atoms with E-state index in [1.807, 2.05) is 0 Å². The fourth-order valence-electron chi connectivity index (χ4n) is 0.350. The molecule has 0 saturated heterocycles. The molecule has 0 fully saturated rings. The monoisotopic (exact) mass is 241 g/mol. The summed E-state index contributed by atoms with van der Waals surface area (Å²) in [6, 6.07) is 0. The minimum absolute atomic E-state index is 0. The van der Waals surface area contributed by atoms with Crippen molar-refractivity contribution in [2.45, 2.75) is 13.8 Å². The van der Waals surface area contributed by atoms with Crippen molar-refractivity contribution >= 4 is 17.9 Å². The zero-order chi connectivity index (χ0) is 8.85. The van der Waals surface area contributed by atoms with Gasteiger partial charge in [-0.2, -0.15) is 0 Å². The van der Waals surface area contributed by atoms with E-state index in [-0.39, 0.29) is 89.9 Å². The number of hydrogen-bond acceptors (Lipinski definition) is 6. The SMILES string of the molecule is CC(=O)OCC(=O)OC(C)=O.N.[H-].[H-].[K+].[Na+]. The summed E-state index contributed by atoms with van der Waals surface area (Å²) in [5.74, 6) is -2.18. The molecule has 0 radical (unpaired) electrons. The van der Waals surface area contributed by atoms with Gasteiger partial charge in [0.05, 0.1) is 0 Å². The van der Waals surface area contributed by atoms with Gasteiger partial charge in [-0.1, -0.05) is 0 Å². The Balaban J connectivity index is -0.0000000500. The van der Waals surface area contributed by atoms with E-state index < -0.39 is 24.5 Å². The van der Waals surface area contributed by atoms with Crippen LogP contribution >= 0.6 is 0 Å². The normalized spacial score (nSPS) is 6.71. The molecular weight excluding hydrogens is 228 g/mol. The molecule has 0 unspecified atom stereocenters. The second-order valence-corrected chi connectivity index (χ2v) is 1.75. The standard InChI is InChI=1S/C6H8O5.K.H3N.Na.2H/c1-4(7)10-3-6(9)11-5(2)8;;;;;/h3H2,1-2H3;;1H3;;;/q;+1;;+1;2*-1. The van der Waals surface area contributed by atoms with Gasteiger partial charge in [-0.15, -0.1) is 0 Å². The number of carbonyl (C=O) groups is 3. The molecule has 0 aliphatic heterocycles. The van der Waals surface area contributed by atoms with Crippen molar-refractivity contribution in [1.29, 1.82) is 0 Å². The second-order valence-electron chi connectivity index (χ2n) is 1.75. The Labute approximate surface area is 150 Å². The van der Waals surface area contributed by atoms with Crippen molar-refractivity contribution in [3.63, 3.8) is 0 Å².